The first-order chi connectivity index (χ1) is 6.65. The van der Waals surface area contributed by atoms with E-state index >= 15 is 0 Å². The maximum absolute atomic E-state index is 10.9. The summed E-state index contributed by atoms with van der Waals surface area (Å²) in [6, 6.07) is 0. The highest BCUT2D eigenvalue weighted by Crippen LogP contribution is 2.10. The van der Waals surface area contributed by atoms with E-state index in [4.69, 9.17) is 0 Å². The molecule has 0 aliphatic heterocycles. The predicted molar refractivity (Wildman–Crippen MR) is 55.1 cm³/mol. The van der Waals surface area contributed by atoms with Gasteiger partial charge in [-0.15, -0.1) is 0 Å². The summed E-state index contributed by atoms with van der Waals surface area (Å²) in [6.45, 7) is 1.55. The summed E-state index contributed by atoms with van der Waals surface area (Å²) in [7, 11) is 0. The van der Waals surface area contributed by atoms with Gasteiger partial charge in [-0.2, -0.15) is 0 Å². The van der Waals surface area contributed by atoms with Crippen molar-refractivity contribution in [2.75, 3.05) is 0 Å². The van der Waals surface area contributed by atoms with E-state index in [1.165, 1.54) is 0 Å². The van der Waals surface area contributed by atoms with Gasteiger partial charge in [0.1, 0.15) is 5.78 Å². The van der Waals surface area contributed by atoms with Crippen molar-refractivity contribution in [1.82, 2.24) is 14.4 Å². The SMILES string of the molecule is CC(=O)Cc1cn2cc(Br)cnc2n1. The van der Waals surface area contributed by atoms with Crippen LogP contribution in [0.25, 0.3) is 5.78 Å². The molecule has 72 valence electrons. The number of rotatable bonds is 2. The summed E-state index contributed by atoms with van der Waals surface area (Å²) in [5.74, 6) is 0.719. The van der Waals surface area contributed by atoms with Crippen LogP contribution in [0.4, 0.5) is 0 Å². The van der Waals surface area contributed by atoms with Crippen LogP contribution in [-0.4, -0.2) is 20.2 Å². The monoisotopic (exact) mass is 253 g/mol. The number of hydrogen-bond acceptors (Lipinski definition) is 3. The molecule has 0 amide bonds. The van der Waals surface area contributed by atoms with Gasteiger partial charge in [0, 0.05) is 18.6 Å². The normalized spacial score (nSPS) is 10.7. The Hall–Kier alpha value is -1.23. The van der Waals surface area contributed by atoms with E-state index in [2.05, 4.69) is 25.9 Å². The number of hydrogen-bond donors (Lipinski definition) is 0. The average Bonchev–Trinajstić information content (AvgIpc) is 2.44. The Morgan fingerprint density at radius 2 is 2.36 bits per heavy atom. The number of nitrogens with zero attached hydrogens (tertiary/aromatic N) is 3. The molecule has 4 nitrogen and oxygen atoms in total. The molecule has 2 aromatic rings. The molecule has 0 aliphatic rings. The van der Waals surface area contributed by atoms with Gasteiger partial charge in [-0.3, -0.25) is 9.20 Å². The van der Waals surface area contributed by atoms with Gasteiger partial charge in [-0.05, 0) is 22.9 Å². The fourth-order valence-corrected chi connectivity index (χ4v) is 1.57. The first-order valence-corrected chi connectivity index (χ1v) is 4.93. The van der Waals surface area contributed by atoms with Crippen LogP contribution in [-0.2, 0) is 11.2 Å². The molecule has 0 saturated carbocycles. The van der Waals surface area contributed by atoms with E-state index in [9.17, 15) is 4.79 Å². The van der Waals surface area contributed by atoms with Crippen LogP contribution >= 0.6 is 15.9 Å². The van der Waals surface area contributed by atoms with E-state index in [0.717, 1.165) is 10.2 Å². The van der Waals surface area contributed by atoms with Crippen LogP contribution in [0.1, 0.15) is 12.6 Å². The van der Waals surface area contributed by atoms with Crippen molar-refractivity contribution in [2.24, 2.45) is 0 Å². The van der Waals surface area contributed by atoms with Crippen LogP contribution in [0.15, 0.2) is 23.1 Å². The van der Waals surface area contributed by atoms with Gasteiger partial charge in [-0.1, -0.05) is 0 Å². The standard InChI is InChI=1S/C9H8BrN3O/c1-6(14)2-8-5-13-4-7(10)3-11-9(13)12-8/h3-5H,2H2,1H3. The summed E-state index contributed by atoms with van der Waals surface area (Å²) >= 11 is 3.31. The first kappa shape index (κ1) is 9.33. The third kappa shape index (κ3) is 1.82. The second-order valence-corrected chi connectivity index (χ2v) is 4.01. The van der Waals surface area contributed by atoms with Crippen molar-refractivity contribution < 1.29 is 4.79 Å². The molecule has 2 rings (SSSR count). The Morgan fingerprint density at radius 3 is 3.07 bits per heavy atom. The molecule has 2 heterocycles. The number of imidazole rings is 1. The lowest BCUT2D eigenvalue weighted by molar-refractivity contribution is -0.116. The third-order valence-corrected chi connectivity index (χ3v) is 2.17. The first-order valence-electron chi connectivity index (χ1n) is 4.14. The molecule has 0 saturated heterocycles. The number of carbonyl (C=O) groups excluding carboxylic acids is 1. The minimum absolute atomic E-state index is 0.104. The fraction of sp³-hybridized carbons (Fsp3) is 0.222. The molecule has 0 fully saturated rings. The van der Waals surface area contributed by atoms with Crippen LogP contribution in [0.3, 0.4) is 0 Å². The summed E-state index contributed by atoms with van der Waals surface area (Å²) in [6.07, 6.45) is 5.72. The van der Waals surface area contributed by atoms with Gasteiger partial charge in [0.05, 0.1) is 16.6 Å². The number of halogens is 1. The van der Waals surface area contributed by atoms with Gasteiger partial charge in [-0.25, -0.2) is 9.97 Å². The highest BCUT2D eigenvalue weighted by molar-refractivity contribution is 9.10. The van der Waals surface area contributed by atoms with Gasteiger partial charge in [0.2, 0.25) is 5.78 Å². The molecule has 0 atom stereocenters. The molecule has 2 aromatic heterocycles. The van der Waals surface area contributed by atoms with Crippen LogP contribution in [0.5, 0.6) is 0 Å². The van der Waals surface area contributed by atoms with E-state index < -0.39 is 0 Å². The minimum Gasteiger partial charge on any atom is -0.300 e. The third-order valence-electron chi connectivity index (χ3n) is 1.76. The number of carbonyl (C=O) groups is 1. The van der Waals surface area contributed by atoms with Crippen molar-refractivity contribution in [1.29, 1.82) is 0 Å². The van der Waals surface area contributed by atoms with E-state index in [-0.39, 0.29) is 5.78 Å². The summed E-state index contributed by atoms with van der Waals surface area (Å²) in [5.41, 5.74) is 0.753. The predicted octanol–water partition coefficient (Wildman–Crippen LogP) is 1.62. The maximum atomic E-state index is 10.9. The second-order valence-electron chi connectivity index (χ2n) is 3.09. The van der Waals surface area contributed by atoms with Crippen molar-refractivity contribution in [3.8, 4) is 0 Å². The highest BCUT2D eigenvalue weighted by Gasteiger charge is 2.04. The van der Waals surface area contributed by atoms with Crippen LogP contribution in [0.2, 0.25) is 0 Å². The topological polar surface area (TPSA) is 47.3 Å². The lowest BCUT2D eigenvalue weighted by Gasteiger charge is -1.90. The van der Waals surface area contributed by atoms with Gasteiger partial charge in [0.15, 0.2) is 0 Å². The Morgan fingerprint density at radius 1 is 1.57 bits per heavy atom. The Bertz CT molecular complexity index is 492. The maximum Gasteiger partial charge on any atom is 0.233 e. The highest BCUT2D eigenvalue weighted by atomic mass is 79.9. The average molecular weight is 254 g/mol. The second kappa shape index (κ2) is 3.49. The smallest absolute Gasteiger partial charge is 0.233 e. The van der Waals surface area contributed by atoms with E-state index in [1.54, 1.807) is 17.5 Å². The molecule has 0 N–H and O–H groups in total. The molecular formula is C9H8BrN3O. The number of Topliss-reactive ketones (excluding diaryl/α,β-unsaturated/α-hetero) is 1. The number of fused-ring (bicyclic) bond motifs is 1. The summed E-state index contributed by atoms with van der Waals surface area (Å²) < 4.78 is 2.68. The van der Waals surface area contributed by atoms with Crippen LogP contribution in [0, 0.1) is 0 Å². The zero-order chi connectivity index (χ0) is 10.1. The minimum atomic E-state index is 0.104. The van der Waals surface area contributed by atoms with E-state index in [1.807, 2.05) is 12.4 Å². The summed E-state index contributed by atoms with van der Waals surface area (Å²) in [5, 5.41) is 0. The molecule has 0 aromatic carbocycles. The zero-order valence-corrected chi connectivity index (χ0v) is 9.15. The molecule has 5 heteroatoms. The lowest BCUT2D eigenvalue weighted by Crippen LogP contribution is -1.95. The largest absolute Gasteiger partial charge is 0.300 e. The fourth-order valence-electron chi connectivity index (χ4n) is 1.25. The van der Waals surface area contributed by atoms with Gasteiger partial charge >= 0.3 is 0 Å². The van der Waals surface area contributed by atoms with Crippen LogP contribution < -0.4 is 0 Å². The quantitative estimate of drug-likeness (QED) is 0.818. The van der Waals surface area contributed by atoms with E-state index in [0.29, 0.717) is 12.2 Å². The molecule has 14 heavy (non-hydrogen) atoms. The number of ketones is 1. The lowest BCUT2D eigenvalue weighted by atomic mass is 10.2. The van der Waals surface area contributed by atoms with Crippen molar-refractivity contribution in [3.63, 3.8) is 0 Å². The van der Waals surface area contributed by atoms with Gasteiger partial charge in [0.25, 0.3) is 0 Å². The number of aromatic nitrogens is 3. The summed E-state index contributed by atoms with van der Waals surface area (Å²) in [4.78, 5) is 19.2. The zero-order valence-electron chi connectivity index (χ0n) is 7.57. The molecule has 0 spiro atoms. The Kier molecular flexibility index (Phi) is 2.33. The van der Waals surface area contributed by atoms with Gasteiger partial charge < -0.3 is 0 Å². The Labute approximate surface area is 89.1 Å². The molecule has 0 aliphatic carbocycles. The molecular weight excluding hydrogens is 246 g/mol. The van der Waals surface area contributed by atoms with Crippen molar-refractivity contribution in [2.45, 2.75) is 13.3 Å². The molecule has 0 bridgehead atoms. The molecule has 0 radical (unpaired) electrons. The Balaban J connectivity index is 2.46. The molecule has 0 unspecified atom stereocenters. The van der Waals surface area contributed by atoms with Crippen molar-refractivity contribution in [3.05, 3.63) is 28.8 Å². The van der Waals surface area contributed by atoms with Crippen molar-refractivity contribution >= 4 is 27.5 Å².